The standard InChI is InChI=1S/C17H29N3O2/c18-15-5-1-3-13(15)9-16(21)20-8-2-4-14(11-20)17(22)19-10-12-6-7-12/h12-15H,1-11,18H2,(H,19,22)/t13-,14?,15+/m0/s1. The molecule has 1 saturated heterocycles. The third-order valence-electron chi connectivity index (χ3n) is 5.56. The van der Waals surface area contributed by atoms with E-state index in [4.69, 9.17) is 5.73 Å². The van der Waals surface area contributed by atoms with Gasteiger partial charge in [-0.2, -0.15) is 0 Å². The van der Waals surface area contributed by atoms with Crippen LogP contribution in [0.25, 0.3) is 0 Å². The van der Waals surface area contributed by atoms with E-state index >= 15 is 0 Å². The van der Waals surface area contributed by atoms with Gasteiger partial charge in [-0.25, -0.2) is 0 Å². The Morgan fingerprint density at radius 1 is 1.09 bits per heavy atom. The van der Waals surface area contributed by atoms with Crippen LogP contribution >= 0.6 is 0 Å². The monoisotopic (exact) mass is 307 g/mol. The van der Waals surface area contributed by atoms with E-state index in [1.165, 1.54) is 12.8 Å². The Hall–Kier alpha value is -1.10. The lowest BCUT2D eigenvalue weighted by molar-refractivity contribution is -0.136. The molecule has 0 spiro atoms. The summed E-state index contributed by atoms with van der Waals surface area (Å²) in [5, 5.41) is 3.06. The highest BCUT2D eigenvalue weighted by Crippen LogP contribution is 2.29. The smallest absolute Gasteiger partial charge is 0.224 e. The van der Waals surface area contributed by atoms with Crippen LogP contribution in [0.15, 0.2) is 0 Å². The Bertz CT molecular complexity index is 422. The molecule has 2 aliphatic carbocycles. The van der Waals surface area contributed by atoms with Crippen LogP contribution in [0.1, 0.15) is 51.4 Å². The Kier molecular flexibility index (Phi) is 5.01. The van der Waals surface area contributed by atoms with Gasteiger partial charge in [-0.05, 0) is 50.4 Å². The number of hydrogen-bond donors (Lipinski definition) is 2. The number of carbonyl (C=O) groups is 2. The van der Waals surface area contributed by atoms with E-state index in [2.05, 4.69) is 5.32 Å². The highest BCUT2D eigenvalue weighted by atomic mass is 16.2. The zero-order valence-corrected chi connectivity index (χ0v) is 13.4. The van der Waals surface area contributed by atoms with Crippen molar-refractivity contribution in [3.63, 3.8) is 0 Å². The van der Waals surface area contributed by atoms with Gasteiger partial charge in [0.1, 0.15) is 0 Å². The van der Waals surface area contributed by atoms with Crippen molar-refractivity contribution in [2.45, 2.75) is 57.4 Å². The molecule has 1 unspecified atom stereocenters. The minimum absolute atomic E-state index is 0.0197. The quantitative estimate of drug-likeness (QED) is 0.803. The van der Waals surface area contributed by atoms with Gasteiger partial charge in [0, 0.05) is 32.1 Å². The first kappa shape index (κ1) is 15.8. The summed E-state index contributed by atoms with van der Waals surface area (Å²) >= 11 is 0. The van der Waals surface area contributed by atoms with Gasteiger partial charge in [0.15, 0.2) is 0 Å². The zero-order chi connectivity index (χ0) is 15.5. The fourth-order valence-corrected chi connectivity index (χ4v) is 3.80. The van der Waals surface area contributed by atoms with Crippen LogP contribution in [0.5, 0.6) is 0 Å². The molecule has 3 atom stereocenters. The van der Waals surface area contributed by atoms with Gasteiger partial charge in [-0.15, -0.1) is 0 Å². The molecule has 2 amide bonds. The molecule has 1 aliphatic heterocycles. The molecule has 1 heterocycles. The van der Waals surface area contributed by atoms with Gasteiger partial charge in [0.25, 0.3) is 0 Å². The average Bonchev–Trinajstić information content (AvgIpc) is 3.28. The first-order chi connectivity index (χ1) is 10.6. The van der Waals surface area contributed by atoms with Crippen LogP contribution in [0.4, 0.5) is 0 Å². The third kappa shape index (κ3) is 4.00. The summed E-state index contributed by atoms with van der Waals surface area (Å²) in [5.74, 6) is 1.36. The van der Waals surface area contributed by atoms with Gasteiger partial charge in [0.2, 0.25) is 11.8 Å². The topological polar surface area (TPSA) is 75.4 Å². The van der Waals surface area contributed by atoms with Crippen LogP contribution in [0.2, 0.25) is 0 Å². The lowest BCUT2D eigenvalue weighted by Crippen LogP contribution is -2.46. The van der Waals surface area contributed by atoms with Crippen molar-refractivity contribution in [1.82, 2.24) is 10.2 Å². The summed E-state index contributed by atoms with van der Waals surface area (Å²) in [7, 11) is 0. The van der Waals surface area contributed by atoms with E-state index in [-0.39, 0.29) is 23.8 Å². The molecular formula is C17H29N3O2. The number of carbonyl (C=O) groups excluding carboxylic acids is 2. The number of nitrogens with two attached hydrogens (primary N) is 1. The molecule has 5 nitrogen and oxygen atoms in total. The predicted octanol–water partition coefficient (Wildman–Crippen LogP) is 1.27. The third-order valence-corrected chi connectivity index (χ3v) is 5.56. The van der Waals surface area contributed by atoms with Crippen LogP contribution in [-0.2, 0) is 9.59 Å². The fraction of sp³-hybridized carbons (Fsp3) is 0.882. The molecule has 5 heteroatoms. The molecule has 124 valence electrons. The second-order valence-corrected chi connectivity index (χ2v) is 7.43. The molecule has 0 aromatic heterocycles. The maximum atomic E-state index is 12.5. The molecule has 0 bridgehead atoms. The summed E-state index contributed by atoms with van der Waals surface area (Å²) in [6, 6.07) is 0.186. The van der Waals surface area contributed by atoms with Gasteiger partial charge in [-0.1, -0.05) is 6.42 Å². The average molecular weight is 307 g/mol. The van der Waals surface area contributed by atoms with E-state index < -0.39 is 0 Å². The molecule has 3 N–H and O–H groups in total. The molecule has 22 heavy (non-hydrogen) atoms. The molecular weight excluding hydrogens is 278 g/mol. The van der Waals surface area contributed by atoms with Crippen LogP contribution < -0.4 is 11.1 Å². The second-order valence-electron chi connectivity index (χ2n) is 7.43. The van der Waals surface area contributed by atoms with Gasteiger partial charge >= 0.3 is 0 Å². The van der Waals surface area contributed by atoms with Gasteiger partial charge in [0.05, 0.1) is 5.92 Å². The minimum atomic E-state index is -0.0197. The second kappa shape index (κ2) is 6.99. The highest BCUT2D eigenvalue weighted by Gasteiger charge is 2.32. The van der Waals surface area contributed by atoms with Crippen LogP contribution in [0, 0.1) is 17.8 Å². The lowest BCUT2D eigenvalue weighted by Gasteiger charge is -2.33. The molecule has 3 rings (SSSR count). The number of amides is 2. The molecule has 3 fully saturated rings. The fourth-order valence-electron chi connectivity index (χ4n) is 3.80. The van der Waals surface area contributed by atoms with Gasteiger partial charge in [-0.3, -0.25) is 9.59 Å². The van der Waals surface area contributed by atoms with Crippen molar-refractivity contribution < 1.29 is 9.59 Å². The van der Waals surface area contributed by atoms with Gasteiger partial charge < -0.3 is 16.0 Å². The van der Waals surface area contributed by atoms with Crippen molar-refractivity contribution >= 4 is 11.8 Å². The molecule has 3 aliphatic rings. The Morgan fingerprint density at radius 3 is 2.59 bits per heavy atom. The van der Waals surface area contributed by atoms with E-state index in [9.17, 15) is 9.59 Å². The number of rotatable bonds is 5. The largest absolute Gasteiger partial charge is 0.356 e. The predicted molar refractivity (Wildman–Crippen MR) is 85.0 cm³/mol. The van der Waals surface area contributed by atoms with E-state index in [1.54, 1.807) is 0 Å². The summed E-state index contributed by atoms with van der Waals surface area (Å²) in [6.45, 7) is 2.21. The molecule has 0 radical (unpaired) electrons. The summed E-state index contributed by atoms with van der Waals surface area (Å²) in [4.78, 5) is 26.6. The number of piperidine rings is 1. The SMILES string of the molecule is N[C@@H]1CCC[C@H]1CC(=O)N1CCCC(C(=O)NCC2CC2)C1. The Balaban J connectivity index is 1.46. The number of nitrogens with zero attached hydrogens (tertiary/aromatic N) is 1. The Morgan fingerprint density at radius 2 is 1.91 bits per heavy atom. The van der Waals surface area contributed by atoms with Crippen molar-refractivity contribution in [1.29, 1.82) is 0 Å². The van der Waals surface area contributed by atoms with E-state index in [0.717, 1.165) is 45.2 Å². The van der Waals surface area contributed by atoms with Crippen LogP contribution in [0.3, 0.4) is 0 Å². The maximum absolute atomic E-state index is 12.5. The van der Waals surface area contributed by atoms with E-state index in [0.29, 0.717) is 24.8 Å². The normalized spacial score (nSPS) is 32.0. The molecule has 0 aromatic rings. The van der Waals surface area contributed by atoms with Crippen LogP contribution in [-0.4, -0.2) is 42.4 Å². The zero-order valence-electron chi connectivity index (χ0n) is 13.4. The molecule has 2 saturated carbocycles. The van der Waals surface area contributed by atoms with Crippen molar-refractivity contribution in [2.24, 2.45) is 23.5 Å². The summed E-state index contributed by atoms with van der Waals surface area (Å²) in [5.41, 5.74) is 6.07. The minimum Gasteiger partial charge on any atom is -0.356 e. The number of nitrogens with one attached hydrogen (secondary N) is 1. The highest BCUT2D eigenvalue weighted by molar-refractivity contribution is 5.81. The maximum Gasteiger partial charge on any atom is 0.224 e. The first-order valence-corrected chi connectivity index (χ1v) is 8.94. The summed E-state index contributed by atoms with van der Waals surface area (Å²) in [6.07, 6.45) is 8.17. The first-order valence-electron chi connectivity index (χ1n) is 8.94. The molecule has 0 aromatic carbocycles. The number of hydrogen-bond acceptors (Lipinski definition) is 3. The Labute approximate surface area is 133 Å². The van der Waals surface area contributed by atoms with Crippen molar-refractivity contribution in [2.75, 3.05) is 19.6 Å². The van der Waals surface area contributed by atoms with E-state index in [1.807, 2.05) is 4.90 Å². The summed E-state index contributed by atoms with van der Waals surface area (Å²) < 4.78 is 0. The number of likely N-dealkylation sites (tertiary alicyclic amines) is 1. The van der Waals surface area contributed by atoms with Crippen molar-refractivity contribution in [3.05, 3.63) is 0 Å². The van der Waals surface area contributed by atoms with Crippen molar-refractivity contribution in [3.8, 4) is 0 Å². The lowest BCUT2D eigenvalue weighted by atomic mass is 9.94.